The number of rotatable bonds is 7. The van der Waals surface area contributed by atoms with E-state index in [1.807, 2.05) is 0 Å². The highest BCUT2D eigenvalue weighted by atomic mass is 32.1. The summed E-state index contributed by atoms with van der Waals surface area (Å²) in [5, 5.41) is 4.97. The Morgan fingerprint density at radius 3 is 2.50 bits per heavy atom. The summed E-state index contributed by atoms with van der Waals surface area (Å²) >= 11 is 1.37. The minimum atomic E-state index is -0.571. The molecular formula is C20H17FN2O4S. The van der Waals surface area contributed by atoms with Gasteiger partial charge in [-0.25, -0.2) is 9.37 Å². The second-order valence-electron chi connectivity index (χ2n) is 5.72. The molecule has 1 heterocycles. The number of halogens is 1. The van der Waals surface area contributed by atoms with Crippen LogP contribution in [0.3, 0.4) is 0 Å². The molecule has 144 valence electrons. The van der Waals surface area contributed by atoms with E-state index in [0.29, 0.717) is 22.0 Å². The van der Waals surface area contributed by atoms with Gasteiger partial charge in [-0.15, -0.1) is 11.3 Å². The van der Waals surface area contributed by atoms with E-state index in [4.69, 9.17) is 9.47 Å². The maximum Gasteiger partial charge on any atom is 0.325 e. The fourth-order valence-corrected chi connectivity index (χ4v) is 3.11. The number of methoxy groups -OCH3 is 1. The Morgan fingerprint density at radius 2 is 1.82 bits per heavy atom. The SMILES string of the molecule is COc1ccc(C(=O)NCC(=O)OCc2csc(-c3ccc(F)cc3)n2)cc1. The third-order valence-corrected chi connectivity index (χ3v) is 4.71. The van der Waals surface area contributed by atoms with E-state index in [0.717, 1.165) is 5.56 Å². The van der Waals surface area contributed by atoms with Crippen molar-refractivity contribution in [2.24, 2.45) is 0 Å². The lowest BCUT2D eigenvalue weighted by molar-refractivity contribution is -0.143. The molecule has 3 aromatic rings. The molecule has 0 spiro atoms. The van der Waals surface area contributed by atoms with E-state index in [9.17, 15) is 14.0 Å². The first-order valence-corrected chi connectivity index (χ1v) is 9.21. The maximum atomic E-state index is 13.0. The number of esters is 1. The fourth-order valence-electron chi connectivity index (χ4n) is 2.30. The van der Waals surface area contributed by atoms with Crippen LogP contribution in [-0.2, 0) is 16.1 Å². The molecule has 0 radical (unpaired) electrons. The first-order valence-electron chi connectivity index (χ1n) is 8.33. The maximum absolute atomic E-state index is 13.0. The molecule has 0 saturated heterocycles. The van der Waals surface area contributed by atoms with Gasteiger partial charge in [-0.2, -0.15) is 0 Å². The Hall–Kier alpha value is -3.26. The van der Waals surface area contributed by atoms with Crippen LogP contribution in [0.5, 0.6) is 5.75 Å². The lowest BCUT2D eigenvalue weighted by Gasteiger charge is -2.06. The third kappa shape index (κ3) is 5.14. The molecule has 0 atom stereocenters. The van der Waals surface area contributed by atoms with Crippen LogP contribution >= 0.6 is 11.3 Å². The number of thiazole rings is 1. The summed E-state index contributed by atoms with van der Waals surface area (Å²) in [4.78, 5) is 28.2. The molecule has 0 fully saturated rings. The van der Waals surface area contributed by atoms with E-state index in [2.05, 4.69) is 10.3 Å². The molecule has 1 aromatic heterocycles. The number of nitrogens with zero attached hydrogens (tertiary/aromatic N) is 1. The number of amides is 1. The topological polar surface area (TPSA) is 77.5 Å². The van der Waals surface area contributed by atoms with Crippen LogP contribution in [-0.4, -0.2) is 30.5 Å². The number of aromatic nitrogens is 1. The number of nitrogens with one attached hydrogen (secondary N) is 1. The molecule has 2 aromatic carbocycles. The van der Waals surface area contributed by atoms with Crippen molar-refractivity contribution in [3.05, 3.63) is 71.0 Å². The first kappa shape index (κ1) is 19.5. The molecule has 28 heavy (non-hydrogen) atoms. The molecule has 0 bridgehead atoms. The van der Waals surface area contributed by atoms with E-state index in [1.54, 1.807) is 41.8 Å². The highest BCUT2D eigenvalue weighted by Crippen LogP contribution is 2.24. The molecule has 6 nitrogen and oxygen atoms in total. The number of hydrogen-bond acceptors (Lipinski definition) is 6. The molecule has 8 heteroatoms. The van der Waals surface area contributed by atoms with Crippen LogP contribution < -0.4 is 10.1 Å². The smallest absolute Gasteiger partial charge is 0.325 e. The zero-order valence-electron chi connectivity index (χ0n) is 15.0. The average Bonchev–Trinajstić information content (AvgIpc) is 3.20. The van der Waals surface area contributed by atoms with Gasteiger partial charge < -0.3 is 14.8 Å². The summed E-state index contributed by atoms with van der Waals surface area (Å²) in [6.45, 7) is -0.255. The van der Waals surface area contributed by atoms with Crippen LogP contribution in [0.1, 0.15) is 16.1 Å². The van der Waals surface area contributed by atoms with Crippen LogP contribution in [0.4, 0.5) is 4.39 Å². The lowest BCUT2D eigenvalue weighted by Crippen LogP contribution is -2.30. The number of carbonyl (C=O) groups excluding carboxylic acids is 2. The van der Waals surface area contributed by atoms with Crippen LogP contribution in [0.15, 0.2) is 53.9 Å². The summed E-state index contributed by atoms with van der Waals surface area (Å²) in [6.07, 6.45) is 0. The lowest BCUT2D eigenvalue weighted by atomic mass is 10.2. The Balaban J connectivity index is 1.46. The summed E-state index contributed by atoms with van der Waals surface area (Å²) < 4.78 is 23.1. The predicted molar refractivity (Wildman–Crippen MR) is 103 cm³/mol. The average molecular weight is 400 g/mol. The number of carbonyl (C=O) groups is 2. The van der Waals surface area contributed by atoms with Crippen molar-refractivity contribution in [3.8, 4) is 16.3 Å². The van der Waals surface area contributed by atoms with E-state index < -0.39 is 5.97 Å². The molecule has 3 rings (SSSR count). The van der Waals surface area contributed by atoms with Gasteiger partial charge in [-0.05, 0) is 48.5 Å². The minimum Gasteiger partial charge on any atom is -0.497 e. The quantitative estimate of drug-likeness (QED) is 0.615. The van der Waals surface area contributed by atoms with Crippen molar-refractivity contribution in [1.29, 1.82) is 0 Å². The van der Waals surface area contributed by atoms with E-state index in [1.165, 1.54) is 30.6 Å². The van der Waals surface area contributed by atoms with Gasteiger partial charge in [0.25, 0.3) is 5.91 Å². The van der Waals surface area contributed by atoms with Gasteiger partial charge in [-0.3, -0.25) is 9.59 Å². The van der Waals surface area contributed by atoms with Gasteiger partial charge in [0.15, 0.2) is 0 Å². The Labute approximate surface area is 164 Å². The molecule has 1 N–H and O–H groups in total. The standard InChI is InChI=1S/C20H17FN2O4S/c1-26-17-8-4-13(5-9-17)19(25)22-10-18(24)27-11-16-12-28-20(23-16)14-2-6-15(21)7-3-14/h2-9,12H,10-11H2,1H3,(H,22,25). The van der Waals surface area contributed by atoms with Gasteiger partial charge in [0, 0.05) is 16.5 Å². The minimum absolute atomic E-state index is 0.00503. The highest BCUT2D eigenvalue weighted by Gasteiger charge is 2.11. The largest absolute Gasteiger partial charge is 0.497 e. The highest BCUT2D eigenvalue weighted by molar-refractivity contribution is 7.13. The van der Waals surface area contributed by atoms with Crippen LogP contribution in [0.2, 0.25) is 0 Å². The molecule has 0 aliphatic carbocycles. The second-order valence-corrected chi connectivity index (χ2v) is 6.58. The Kier molecular flexibility index (Phi) is 6.33. The second kappa shape index (κ2) is 9.09. The van der Waals surface area contributed by atoms with Gasteiger partial charge in [0.1, 0.15) is 29.7 Å². The van der Waals surface area contributed by atoms with Gasteiger partial charge >= 0.3 is 5.97 Å². The van der Waals surface area contributed by atoms with Gasteiger partial charge in [0.2, 0.25) is 0 Å². The van der Waals surface area contributed by atoms with Crippen molar-refractivity contribution >= 4 is 23.2 Å². The summed E-state index contributed by atoms with van der Waals surface area (Å²) in [5.41, 5.74) is 1.78. The van der Waals surface area contributed by atoms with Gasteiger partial charge in [0.05, 0.1) is 12.8 Å². The van der Waals surface area contributed by atoms with Crippen LogP contribution in [0, 0.1) is 5.82 Å². The number of hydrogen-bond donors (Lipinski definition) is 1. The molecule has 1 amide bonds. The molecule has 0 aliphatic rings. The van der Waals surface area contributed by atoms with Crippen molar-refractivity contribution in [1.82, 2.24) is 10.3 Å². The predicted octanol–water partition coefficient (Wildman–Crippen LogP) is 3.43. The zero-order valence-corrected chi connectivity index (χ0v) is 15.8. The number of benzene rings is 2. The summed E-state index contributed by atoms with van der Waals surface area (Å²) in [5.74, 6) is -0.629. The van der Waals surface area contributed by atoms with Crippen molar-refractivity contribution < 1.29 is 23.5 Å². The molecule has 0 unspecified atom stereocenters. The van der Waals surface area contributed by atoms with Crippen LogP contribution in [0.25, 0.3) is 10.6 Å². The number of ether oxygens (including phenoxy) is 2. The fraction of sp³-hybridized carbons (Fsp3) is 0.150. The molecule has 0 aliphatic heterocycles. The summed E-state index contributed by atoms with van der Waals surface area (Å²) in [7, 11) is 1.54. The van der Waals surface area contributed by atoms with E-state index in [-0.39, 0.29) is 24.9 Å². The monoisotopic (exact) mass is 400 g/mol. The van der Waals surface area contributed by atoms with Crippen molar-refractivity contribution in [2.75, 3.05) is 13.7 Å². The van der Waals surface area contributed by atoms with Gasteiger partial charge in [-0.1, -0.05) is 0 Å². The zero-order chi connectivity index (χ0) is 19.9. The van der Waals surface area contributed by atoms with Crippen molar-refractivity contribution in [3.63, 3.8) is 0 Å². The summed E-state index contributed by atoms with van der Waals surface area (Å²) in [6, 6.07) is 12.5. The molecular weight excluding hydrogens is 383 g/mol. The molecule has 0 saturated carbocycles. The Morgan fingerprint density at radius 1 is 1.11 bits per heavy atom. The van der Waals surface area contributed by atoms with E-state index >= 15 is 0 Å². The van der Waals surface area contributed by atoms with Crippen molar-refractivity contribution in [2.45, 2.75) is 6.61 Å². The third-order valence-electron chi connectivity index (χ3n) is 3.77. The Bertz CT molecular complexity index is 955. The first-order chi connectivity index (χ1) is 13.5. The normalized spacial score (nSPS) is 10.4.